The van der Waals surface area contributed by atoms with Crippen molar-refractivity contribution in [3.8, 4) is 0 Å². The highest BCUT2D eigenvalue weighted by Crippen LogP contribution is 2.38. The number of non-ortho nitro benzene ring substituents is 1. The van der Waals surface area contributed by atoms with Crippen molar-refractivity contribution >= 4 is 23.3 Å². The van der Waals surface area contributed by atoms with E-state index in [1.165, 1.54) is 31.5 Å². The number of aliphatic imine (C=N–C) groups is 1. The van der Waals surface area contributed by atoms with Crippen LogP contribution >= 0.6 is 0 Å². The number of hydrogen-bond acceptors (Lipinski definition) is 8. The smallest absolute Gasteiger partial charge is 0.336 e. The van der Waals surface area contributed by atoms with Crippen molar-refractivity contribution in [3.05, 3.63) is 87.6 Å². The van der Waals surface area contributed by atoms with Crippen molar-refractivity contribution in [3.63, 3.8) is 0 Å². The molecule has 2 atom stereocenters. The molecule has 0 N–H and O–H groups in total. The molecular formula is C25H27N3O6. The van der Waals surface area contributed by atoms with E-state index < -0.39 is 28.7 Å². The van der Waals surface area contributed by atoms with E-state index in [2.05, 4.69) is 4.99 Å². The van der Waals surface area contributed by atoms with Crippen molar-refractivity contribution in [1.29, 1.82) is 0 Å². The van der Waals surface area contributed by atoms with E-state index in [4.69, 9.17) is 9.47 Å². The number of nitro groups is 1. The Kier molecular flexibility index (Phi) is 8.26. The standard InChI is InChI=1S/C25H27N3O6/c1-17-22(25(30)33-3)23(19-10-7-11-20(14-19)28(31)32)21(15-26-17)24(29)34-13-12-27(2)16-18-8-5-4-6-9-18/h4-11,14-15,22-23H,12-13,16H2,1-3H3. The first-order chi connectivity index (χ1) is 16.3. The van der Waals surface area contributed by atoms with Crippen LogP contribution in [0.2, 0.25) is 0 Å². The largest absolute Gasteiger partial charge is 0.468 e. The highest BCUT2D eigenvalue weighted by Gasteiger charge is 2.41. The zero-order valence-corrected chi connectivity index (χ0v) is 19.3. The summed E-state index contributed by atoms with van der Waals surface area (Å²) in [5, 5.41) is 11.3. The summed E-state index contributed by atoms with van der Waals surface area (Å²) in [5.74, 6) is -2.94. The average molecular weight is 466 g/mol. The molecule has 1 heterocycles. The lowest BCUT2D eigenvalue weighted by Gasteiger charge is -2.29. The summed E-state index contributed by atoms with van der Waals surface area (Å²) in [6.45, 7) is 2.99. The highest BCUT2D eigenvalue weighted by molar-refractivity contribution is 6.06. The van der Waals surface area contributed by atoms with Crippen LogP contribution in [0.1, 0.15) is 24.0 Å². The van der Waals surface area contributed by atoms with Gasteiger partial charge in [-0.3, -0.25) is 24.8 Å². The molecule has 0 saturated carbocycles. The van der Waals surface area contributed by atoms with Gasteiger partial charge >= 0.3 is 11.9 Å². The van der Waals surface area contributed by atoms with Crippen LogP contribution in [0.25, 0.3) is 0 Å². The van der Waals surface area contributed by atoms with E-state index in [1.807, 2.05) is 42.3 Å². The summed E-state index contributed by atoms with van der Waals surface area (Å²) in [4.78, 5) is 42.7. The van der Waals surface area contributed by atoms with Gasteiger partial charge in [-0.15, -0.1) is 0 Å². The Morgan fingerprint density at radius 2 is 1.88 bits per heavy atom. The lowest BCUT2D eigenvalue weighted by Crippen LogP contribution is -2.35. The summed E-state index contributed by atoms with van der Waals surface area (Å²) < 4.78 is 10.5. The molecule has 0 radical (unpaired) electrons. The Morgan fingerprint density at radius 3 is 2.56 bits per heavy atom. The fraction of sp³-hybridized carbons (Fsp3) is 0.320. The van der Waals surface area contributed by atoms with E-state index in [-0.39, 0.29) is 17.9 Å². The molecule has 1 aliphatic heterocycles. The molecule has 2 unspecified atom stereocenters. The molecule has 0 amide bonds. The van der Waals surface area contributed by atoms with E-state index >= 15 is 0 Å². The second-order valence-electron chi connectivity index (χ2n) is 8.04. The molecule has 2 aromatic carbocycles. The summed E-state index contributed by atoms with van der Waals surface area (Å²) >= 11 is 0. The lowest BCUT2D eigenvalue weighted by molar-refractivity contribution is -0.384. The minimum atomic E-state index is -0.902. The first-order valence-corrected chi connectivity index (χ1v) is 10.8. The number of rotatable bonds is 9. The number of esters is 2. The Balaban J connectivity index is 1.78. The van der Waals surface area contributed by atoms with Gasteiger partial charge in [-0.25, -0.2) is 4.79 Å². The van der Waals surface area contributed by atoms with Crippen molar-refractivity contribution in [2.75, 3.05) is 27.3 Å². The number of likely N-dealkylation sites (N-methyl/N-ethyl adjacent to an activating group) is 1. The van der Waals surface area contributed by atoms with E-state index in [1.54, 1.807) is 13.0 Å². The summed E-state index contributed by atoms with van der Waals surface area (Å²) in [7, 11) is 3.17. The third-order valence-corrected chi connectivity index (χ3v) is 5.66. The molecule has 2 aromatic rings. The SMILES string of the molecule is COC(=O)C1C(C)=NC=C(C(=O)OCCN(C)Cc2ccccc2)C1c1cccc([N+](=O)[O-])c1. The maximum absolute atomic E-state index is 13.0. The molecule has 9 heteroatoms. The van der Waals surface area contributed by atoms with Crippen molar-refractivity contribution in [2.24, 2.45) is 10.9 Å². The number of methoxy groups -OCH3 is 1. The number of hydrogen-bond donors (Lipinski definition) is 0. The molecule has 0 aliphatic carbocycles. The third kappa shape index (κ3) is 5.93. The van der Waals surface area contributed by atoms with E-state index in [0.29, 0.717) is 24.4 Å². The van der Waals surface area contributed by atoms with Gasteiger partial charge in [0.05, 0.1) is 17.6 Å². The number of nitrogens with zero attached hydrogens (tertiary/aromatic N) is 3. The molecule has 0 saturated heterocycles. The van der Waals surface area contributed by atoms with Gasteiger partial charge in [-0.05, 0) is 25.1 Å². The van der Waals surface area contributed by atoms with Crippen LogP contribution in [-0.2, 0) is 25.6 Å². The predicted molar refractivity (Wildman–Crippen MR) is 126 cm³/mol. The minimum Gasteiger partial charge on any atom is -0.468 e. The number of carbonyl (C=O) groups is 2. The van der Waals surface area contributed by atoms with Gasteiger partial charge < -0.3 is 9.47 Å². The predicted octanol–water partition coefficient (Wildman–Crippen LogP) is 3.50. The maximum atomic E-state index is 13.0. The van der Waals surface area contributed by atoms with E-state index in [0.717, 1.165) is 5.56 Å². The fourth-order valence-electron chi connectivity index (χ4n) is 3.92. The van der Waals surface area contributed by atoms with Gasteiger partial charge in [0.15, 0.2) is 0 Å². The van der Waals surface area contributed by atoms with Crippen LogP contribution < -0.4 is 0 Å². The van der Waals surface area contributed by atoms with Crippen LogP contribution in [0.5, 0.6) is 0 Å². The highest BCUT2D eigenvalue weighted by atomic mass is 16.6. The van der Waals surface area contributed by atoms with Crippen LogP contribution in [0, 0.1) is 16.0 Å². The van der Waals surface area contributed by atoms with Gasteiger partial charge in [0.2, 0.25) is 0 Å². The zero-order valence-electron chi connectivity index (χ0n) is 19.3. The quantitative estimate of drug-likeness (QED) is 0.316. The molecule has 0 fully saturated rings. The summed E-state index contributed by atoms with van der Waals surface area (Å²) in [5.41, 5.74) is 2.03. The van der Waals surface area contributed by atoms with Crippen molar-refractivity contribution in [1.82, 2.24) is 4.90 Å². The van der Waals surface area contributed by atoms with Crippen LogP contribution in [0.15, 0.2) is 71.4 Å². The molecule has 34 heavy (non-hydrogen) atoms. The zero-order chi connectivity index (χ0) is 24.7. The van der Waals surface area contributed by atoms with Gasteiger partial charge in [0.25, 0.3) is 5.69 Å². The molecule has 3 rings (SSSR count). The summed E-state index contributed by atoms with van der Waals surface area (Å²) in [6.07, 6.45) is 1.37. The number of benzene rings is 2. The normalized spacial score (nSPS) is 17.5. The Morgan fingerprint density at radius 1 is 1.15 bits per heavy atom. The molecule has 0 aromatic heterocycles. The number of carbonyl (C=O) groups excluding carboxylic acids is 2. The lowest BCUT2D eigenvalue weighted by atomic mass is 9.77. The molecular weight excluding hydrogens is 438 g/mol. The average Bonchev–Trinajstić information content (AvgIpc) is 2.83. The molecule has 1 aliphatic rings. The molecule has 178 valence electrons. The molecule has 0 bridgehead atoms. The Labute approximate surface area is 197 Å². The van der Waals surface area contributed by atoms with Crippen LogP contribution in [0.4, 0.5) is 5.69 Å². The maximum Gasteiger partial charge on any atom is 0.336 e. The number of ether oxygens (including phenoxy) is 2. The van der Waals surface area contributed by atoms with Gasteiger partial charge in [0, 0.05) is 43.1 Å². The topological polar surface area (TPSA) is 111 Å². The van der Waals surface area contributed by atoms with Crippen molar-refractivity contribution < 1.29 is 24.0 Å². The van der Waals surface area contributed by atoms with Crippen LogP contribution in [0.3, 0.4) is 0 Å². The monoisotopic (exact) mass is 465 g/mol. The molecule has 9 nitrogen and oxygen atoms in total. The van der Waals surface area contributed by atoms with Crippen molar-refractivity contribution in [2.45, 2.75) is 19.4 Å². The molecule has 0 spiro atoms. The van der Waals surface area contributed by atoms with Gasteiger partial charge in [-0.2, -0.15) is 0 Å². The second-order valence-corrected chi connectivity index (χ2v) is 8.04. The first kappa shape index (κ1) is 24.8. The van der Waals surface area contributed by atoms with Gasteiger partial charge in [-0.1, -0.05) is 42.5 Å². The Hall–Kier alpha value is -3.85. The van der Waals surface area contributed by atoms with E-state index in [9.17, 15) is 19.7 Å². The van der Waals surface area contributed by atoms with Crippen LogP contribution in [-0.4, -0.2) is 54.8 Å². The minimum absolute atomic E-state index is 0.132. The van der Waals surface area contributed by atoms with Gasteiger partial charge in [0.1, 0.15) is 12.5 Å². The third-order valence-electron chi connectivity index (χ3n) is 5.66. The first-order valence-electron chi connectivity index (χ1n) is 10.8. The summed E-state index contributed by atoms with van der Waals surface area (Å²) in [6, 6.07) is 15.8. The number of nitro benzene ring substituents is 1. The Bertz CT molecular complexity index is 1110. The fourth-order valence-corrected chi connectivity index (χ4v) is 3.92. The second kappa shape index (κ2) is 11.3.